The first-order valence-electron chi connectivity index (χ1n) is 14.2. The van der Waals surface area contributed by atoms with Gasteiger partial charge in [-0.25, -0.2) is 4.79 Å². The molecule has 2 aromatic carbocycles. The number of benzene rings is 2. The number of nitrogens with one attached hydrogen (secondary N) is 2. The first-order chi connectivity index (χ1) is 18.9. The third-order valence-corrected chi connectivity index (χ3v) is 6.33. The molecule has 0 saturated heterocycles. The number of unbranched alkanes of at least 4 members (excludes halogenated alkanes) is 5. The number of amides is 3. The fraction of sp³-hybridized carbons (Fsp3) is 0.531. The molecule has 2 N–H and O–H groups in total. The zero-order valence-electron chi connectivity index (χ0n) is 25.3. The lowest BCUT2D eigenvalue weighted by molar-refractivity contribution is -0.138. The Kier molecular flexibility index (Phi) is 13.0. The molecule has 220 valence electrons. The highest BCUT2D eigenvalue weighted by molar-refractivity contribution is 5.98. The highest BCUT2D eigenvalue weighted by Gasteiger charge is 2.32. The highest BCUT2D eigenvalue weighted by atomic mass is 16.6. The van der Waals surface area contributed by atoms with Crippen LogP contribution in [0.3, 0.4) is 0 Å². The van der Waals surface area contributed by atoms with Gasteiger partial charge < -0.3 is 25.0 Å². The van der Waals surface area contributed by atoms with E-state index < -0.39 is 17.7 Å². The van der Waals surface area contributed by atoms with Gasteiger partial charge in [-0.2, -0.15) is 0 Å². The summed E-state index contributed by atoms with van der Waals surface area (Å²) in [5.74, 6) is -0.00261. The van der Waals surface area contributed by atoms with Gasteiger partial charge in [-0.3, -0.25) is 9.59 Å². The molecule has 1 unspecified atom stereocenters. The summed E-state index contributed by atoms with van der Waals surface area (Å²) >= 11 is 0. The lowest BCUT2D eigenvalue weighted by Gasteiger charge is -2.32. The molecule has 0 fully saturated rings. The zero-order chi connectivity index (χ0) is 29.7. The summed E-state index contributed by atoms with van der Waals surface area (Å²) in [7, 11) is 1.58. The van der Waals surface area contributed by atoms with Crippen LogP contribution in [0.15, 0.2) is 42.5 Å². The van der Waals surface area contributed by atoms with Gasteiger partial charge >= 0.3 is 6.09 Å². The molecule has 0 aliphatic heterocycles. The van der Waals surface area contributed by atoms with Crippen molar-refractivity contribution >= 4 is 23.6 Å². The smallest absolute Gasteiger partial charge is 0.408 e. The molecule has 40 heavy (non-hydrogen) atoms. The quantitative estimate of drug-likeness (QED) is 0.254. The number of anilines is 1. The van der Waals surface area contributed by atoms with Crippen LogP contribution in [0.4, 0.5) is 10.5 Å². The molecular formula is C32H47N3O5. The standard InChI is InChI=1S/C32H47N3O5/c1-8-9-10-11-12-13-18-35(28(36)22-33-31(38)40-32(4,5)6)29(25-20-23(2)19-24(3)21-25)30(37)34-26-14-16-27(39-7)17-15-26/h14-17,19-21,29H,8-13,18,22H2,1-7H3,(H,33,38)(H,34,37). The van der Waals surface area contributed by atoms with Crippen molar-refractivity contribution in [3.63, 3.8) is 0 Å². The molecule has 0 aliphatic carbocycles. The van der Waals surface area contributed by atoms with Crippen molar-refractivity contribution in [3.05, 3.63) is 59.2 Å². The van der Waals surface area contributed by atoms with E-state index in [0.29, 0.717) is 18.0 Å². The average Bonchev–Trinajstić information content (AvgIpc) is 2.87. The molecule has 8 heteroatoms. The number of methoxy groups -OCH3 is 1. The average molecular weight is 554 g/mol. The van der Waals surface area contributed by atoms with Crippen molar-refractivity contribution < 1.29 is 23.9 Å². The van der Waals surface area contributed by atoms with Crippen LogP contribution in [0.5, 0.6) is 5.75 Å². The summed E-state index contributed by atoms with van der Waals surface area (Å²) in [5.41, 5.74) is 2.62. The van der Waals surface area contributed by atoms with E-state index in [0.717, 1.165) is 48.8 Å². The number of nitrogens with zero attached hydrogens (tertiary/aromatic N) is 1. The predicted octanol–water partition coefficient (Wildman–Crippen LogP) is 6.71. The van der Waals surface area contributed by atoms with Crippen molar-refractivity contribution in [2.75, 3.05) is 25.5 Å². The normalized spacial score (nSPS) is 11.9. The molecule has 3 amide bonds. The lowest BCUT2D eigenvalue weighted by Crippen LogP contribution is -2.47. The van der Waals surface area contributed by atoms with E-state index in [1.165, 1.54) is 6.42 Å². The van der Waals surface area contributed by atoms with E-state index in [4.69, 9.17) is 9.47 Å². The molecule has 0 spiro atoms. The molecule has 2 aromatic rings. The summed E-state index contributed by atoms with van der Waals surface area (Å²) in [6.45, 7) is 11.5. The Morgan fingerprint density at radius 2 is 1.50 bits per heavy atom. The molecule has 0 saturated carbocycles. The second kappa shape index (κ2) is 15.9. The van der Waals surface area contributed by atoms with Gasteiger partial charge in [-0.15, -0.1) is 0 Å². The fourth-order valence-corrected chi connectivity index (χ4v) is 4.55. The van der Waals surface area contributed by atoms with Crippen LogP contribution >= 0.6 is 0 Å². The first kappa shape index (κ1) is 32.7. The van der Waals surface area contributed by atoms with Gasteiger partial charge in [-0.1, -0.05) is 68.4 Å². The Balaban J connectivity index is 2.37. The van der Waals surface area contributed by atoms with Crippen LogP contribution in [-0.2, 0) is 14.3 Å². The van der Waals surface area contributed by atoms with Gasteiger partial charge in [0.2, 0.25) is 5.91 Å². The van der Waals surface area contributed by atoms with Gasteiger partial charge in [0.05, 0.1) is 7.11 Å². The van der Waals surface area contributed by atoms with Crippen LogP contribution in [0, 0.1) is 13.8 Å². The molecule has 2 rings (SSSR count). The second-order valence-corrected chi connectivity index (χ2v) is 11.3. The van der Waals surface area contributed by atoms with Crippen molar-refractivity contribution in [1.29, 1.82) is 0 Å². The number of carbonyl (C=O) groups is 3. The summed E-state index contributed by atoms with van der Waals surface area (Å²) in [4.78, 5) is 41.4. The summed E-state index contributed by atoms with van der Waals surface area (Å²) in [6, 6.07) is 12.1. The monoisotopic (exact) mass is 553 g/mol. The number of aryl methyl sites for hydroxylation is 2. The molecule has 0 heterocycles. The van der Waals surface area contributed by atoms with Gasteiger partial charge in [-0.05, 0) is 70.9 Å². The van der Waals surface area contributed by atoms with Crippen LogP contribution in [-0.4, -0.2) is 48.6 Å². The van der Waals surface area contributed by atoms with E-state index in [1.807, 2.05) is 32.0 Å². The van der Waals surface area contributed by atoms with Gasteiger partial charge in [0.15, 0.2) is 0 Å². The minimum absolute atomic E-state index is 0.276. The summed E-state index contributed by atoms with van der Waals surface area (Å²) < 4.78 is 10.5. The maximum atomic E-state index is 13.9. The van der Waals surface area contributed by atoms with Gasteiger partial charge in [0.25, 0.3) is 5.91 Å². The Morgan fingerprint density at radius 1 is 0.900 bits per heavy atom. The lowest BCUT2D eigenvalue weighted by atomic mass is 9.98. The first-order valence-corrected chi connectivity index (χ1v) is 14.2. The van der Waals surface area contributed by atoms with E-state index in [-0.39, 0.29) is 18.4 Å². The van der Waals surface area contributed by atoms with E-state index in [9.17, 15) is 14.4 Å². The summed E-state index contributed by atoms with van der Waals surface area (Å²) in [6.07, 6.45) is 5.56. The Hall–Kier alpha value is -3.55. The van der Waals surface area contributed by atoms with Crippen LogP contribution in [0.25, 0.3) is 0 Å². The minimum atomic E-state index is -0.885. The van der Waals surface area contributed by atoms with Crippen molar-refractivity contribution in [1.82, 2.24) is 10.2 Å². The topological polar surface area (TPSA) is 97.0 Å². The predicted molar refractivity (Wildman–Crippen MR) is 160 cm³/mol. The Labute approximate surface area is 239 Å². The highest BCUT2D eigenvalue weighted by Crippen LogP contribution is 2.27. The molecule has 0 aromatic heterocycles. The zero-order valence-corrected chi connectivity index (χ0v) is 25.3. The minimum Gasteiger partial charge on any atom is -0.497 e. The Morgan fingerprint density at radius 3 is 2.08 bits per heavy atom. The molecule has 0 aliphatic rings. The SMILES string of the molecule is CCCCCCCCN(C(=O)CNC(=O)OC(C)(C)C)C(C(=O)Nc1ccc(OC)cc1)c1cc(C)cc(C)c1. The number of carbonyl (C=O) groups excluding carboxylic acids is 3. The number of hydrogen-bond acceptors (Lipinski definition) is 5. The van der Waals surface area contributed by atoms with Crippen molar-refractivity contribution in [2.24, 2.45) is 0 Å². The van der Waals surface area contributed by atoms with Gasteiger partial charge in [0, 0.05) is 12.2 Å². The number of ether oxygens (including phenoxy) is 2. The van der Waals surface area contributed by atoms with Crippen LogP contribution in [0.1, 0.15) is 89.0 Å². The van der Waals surface area contributed by atoms with Crippen LogP contribution < -0.4 is 15.4 Å². The Bertz CT molecular complexity index is 1090. The van der Waals surface area contributed by atoms with E-state index >= 15 is 0 Å². The third kappa shape index (κ3) is 11.3. The molecule has 0 bridgehead atoms. The number of alkyl carbamates (subject to hydrolysis) is 1. The van der Waals surface area contributed by atoms with Crippen LogP contribution in [0.2, 0.25) is 0 Å². The van der Waals surface area contributed by atoms with Gasteiger partial charge in [0.1, 0.15) is 23.9 Å². The second-order valence-electron chi connectivity index (χ2n) is 11.3. The van der Waals surface area contributed by atoms with E-state index in [1.54, 1.807) is 57.0 Å². The number of rotatable bonds is 14. The summed E-state index contributed by atoms with van der Waals surface area (Å²) in [5, 5.41) is 5.55. The largest absolute Gasteiger partial charge is 0.497 e. The molecule has 1 atom stereocenters. The fourth-order valence-electron chi connectivity index (χ4n) is 4.55. The maximum absolute atomic E-state index is 13.9. The van der Waals surface area contributed by atoms with Crippen molar-refractivity contribution in [3.8, 4) is 5.75 Å². The maximum Gasteiger partial charge on any atom is 0.408 e. The molecular weight excluding hydrogens is 506 g/mol. The van der Waals surface area contributed by atoms with Crippen molar-refractivity contribution in [2.45, 2.75) is 91.7 Å². The molecule has 0 radical (unpaired) electrons. The third-order valence-electron chi connectivity index (χ3n) is 6.33. The molecule has 8 nitrogen and oxygen atoms in total. The number of hydrogen-bond donors (Lipinski definition) is 2. The van der Waals surface area contributed by atoms with E-state index in [2.05, 4.69) is 17.6 Å².